The number of hydrogen-bond donors (Lipinski definition) is 3. The summed E-state index contributed by atoms with van der Waals surface area (Å²) in [5.74, 6) is 0.556. The monoisotopic (exact) mass is 359 g/mol. The summed E-state index contributed by atoms with van der Waals surface area (Å²) >= 11 is 0. The minimum atomic E-state index is -0.418. The first kappa shape index (κ1) is 15.9. The Kier molecular flexibility index (Phi) is 3.56. The molecule has 1 aromatic rings. The number of nitrogens with one attached hydrogen (secondary N) is 3. The molecule has 5 rings (SSSR count). The van der Waals surface area contributed by atoms with Gasteiger partial charge >= 0.3 is 0 Å². The molecule has 4 heterocycles. The lowest BCUT2D eigenvalue weighted by molar-refractivity contribution is -0.122. The Morgan fingerprint density at radius 1 is 1.31 bits per heavy atom. The van der Waals surface area contributed by atoms with E-state index in [1.807, 2.05) is 4.90 Å². The maximum atomic E-state index is 14.7. The normalized spacial score (nSPS) is 32.2. The van der Waals surface area contributed by atoms with E-state index in [4.69, 9.17) is 4.74 Å². The minimum absolute atomic E-state index is 0.185. The van der Waals surface area contributed by atoms with E-state index in [0.29, 0.717) is 35.0 Å². The second-order valence-electron chi connectivity index (χ2n) is 7.59. The number of amidine groups is 1. The first-order chi connectivity index (χ1) is 12.6. The largest absolute Gasteiger partial charge is 0.483 e. The van der Waals surface area contributed by atoms with Crippen molar-refractivity contribution in [2.75, 3.05) is 16.8 Å². The van der Waals surface area contributed by atoms with Gasteiger partial charge in [-0.3, -0.25) is 4.79 Å². The van der Waals surface area contributed by atoms with E-state index in [0.717, 1.165) is 12.8 Å². The maximum Gasteiger partial charge on any atom is 0.262 e. The van der Waals surface area contributed by atoms with Crippen molar-refractivity contribution in [1.29, 1.82) is 0 Å². The third-order valence-corrected chi connectivity index (χ3v) is 5.84. The van der Waals surface area contributed by atoms with E-state index in [9.17, 15) is 9.18 Å². The molecule has 1 aromatic carbocycles. The van der Waals surface area contributed by atoms with Crippen molar-refractivity contribution in [3.8, 4) is 5.75 Å². The fourth-order valence-corrected chi connectivity index (χ4v) is 4.55. The number of hydrogen-bond acceptors (Lipinski definition) is 6. The van der Waals surface area contributed by atoms with Crippen LogP contribution in [0.1, 0.15) is 32.6 Å². The van der Waals surface area contributed by atoms with E-state index < -0.39 is 6.04 Å². The predicted molar refractivity (Wildman–Crippen MR) is 96.0 cm³/mol. The number of benzene rings is 1. The van der Waals surface area contributed by atoms with E-state index in [1.165, 1.54) is 18.9 Å². The number of piperidine rings is 1. The smallest absolute Gasteiger partial charge is 0.262 e. The van der Waals surface area contributed by atoms with Crippen molar-refractivity contribution in [3.63, 3.8) is 0 Å². The summed E-state index contributed by atoms with van der Waals surface area (Å²) in [7, 11) is 0. The number of carbonyl (C=O) groups excluding carboxylic acids is 1. The summed E-state index contributed by atoms with van der Waals surface area (Å²) in [6.45, 7) is 2.02. The standard InChI is InChI=1S/C18H22FN5O2/c1-9-18(25)23-22-17-8-26-16-6-13(19)14(7-15(16)24(9)17)21-12-4-10-2-3-11(5-12)20-10/h6-7,9-12,20-21H,2-5,8H2,1H3,(H,23,25)/t9?,10-,11+,12?. The van der Waals surface area contributed by atoms with Gasteiger partial charge in [0.05, 0.1) is 11.4 Å². The van der Waals surface area contributed by atoms with Crippen LogP contribution in [0.4, 0.5) is 15.8 Å². The quantitative estimate of drug-likeness (QED) is 0.747. The molecule has 1 amide bonds. The summed E-state index contributed by atoms with van der Waals surface area (Å²) in [4.78, 5) is 13.8. The van der Waals surface area contributed by atoms with Gasteiger partial charge in [-0.25, -0.2) is 9.82 Å². The molecule has 138 valence electrons. The van der Waals surface area contributed by atoms with Crippen molar-refractivity contribution in [1.82, 2.24) is 10.7 Å². The van der Waals surface area contributed by atoms with Crippen LogP contribution in [0.15, 0.2) is 17.2 Å². The molecule has 4 aliphatic rings. The van der Waals surface area contributed by atoms with Gasteiger partial charge in [0.25, 0.3) is 5.91 Å². The van der Waals surface area contributed by atoms with Gasteiger partial charge in [-0.1, -0.05) is 0 Å². The lowest BCUT2D eigenvalue weighted by Gasteiger charge is -2.38. The van der Waals surface area contributed by atoms with Gasteiger partial charge in [0, 0.05) is 24.2 Å². The van der Waals surface area contributed by atoms with Crippen LogP contribution in [0, 0.1) is 5.82 Å². The average Bonchev–Trinajstić information content (AvgIpc) is 2.97. The van der Waals surface area contributed by atoms with Gasteiger partial charge in [0.2, 0.25) is 0 Å². The third kappa shape index (κ3) is 2.51. The highest BCUT2D eigenvalue weighted by Gasteiger charge is 2.37. The second kappa shape index (κ2) is 5.84. The molecular formula is C18H22FN5O2. The lowest BCUT2D eigenvalue weighted by Crippen LogP contribution is -2.55. The highest BCUT2D eigenvalue weighted by atomic mass is 19.1. The second-order valence-corrected chi connectivity index (χ2v) is 7.59. The molecule has 3 N–H and O–H groups in total. The molecule has 0 radical (unpaired) electrons. The predicted octanol–water partition coefficient (Wildman–Crippen LogP) is 1.55. The van der Waals surface area contributed by atoms with Gasteiger partial charge in [0.1, 0.15) is 24.2 Å². The molecule has 2 unspecified atom stereocenters. The number of ether oxygens (including phenoxy) is 1. The SMILES string of the molecule is CC1C(=O)NN=C2COc3cc(F)c(NC4C[C@H]5CC[C@@H](C4)N5)cc3N21. The van der Waals surface area contributed by atoms with Gasteiger partial charge < -0.3 is 20.3 Å². The van der Waals surface area contributed by atoms with Crippen LogP contribution < -0.4 is 25.7 Å². The van der Waals surface area contributed by atoms with Gasteiger partial charge in [-0.05, 0) is 38.7 Å². The van der Waals surface area contributed by atoms with Crippen molar-refractivity contribution in [2.24, 2.45) is 5.10 Å². The van der Waals surface area contributed by atoms with Crippen LogP contribution in [-0.4, -0.2) is 42.5 Å². The zero-order chi connectivity index (χ0) is 17.8. The number of hydrazone groups is 1. The van der Waals surface area contributed by atoms with E-state index in [2.05, 4.69) is 21.2 Å². The van der Waals surface area contributed by atoms with Crippen molar-refractivity contribution in [3.05, 3.63) is 17.9 Å². The van der Waals surface area contributed by atoms with E-state index >= 15 is 0 Å². The summed E-state index contributed by atoms with van der Waals surface area (Å²) < 4.78 is 20.3. The maximum absolute atomic E-state index is 14.7. The highest BCUT2D eigenvalue weighted by molar-refractivity contribution is 6.09. The molecule has 4 atom stereocenters. The number of amides is 1. The lowest BCUT2D eigenvalue weighted by atomic mass is 9.99. The number of fused-ring (bicyclic) bond motifs is 5. The van der Waals surface area contributed by atoms with E-state index in [-0.39, 0.29) is 24.4 Å². The first-order valence-electron chi connectivity index (χ1n) is 9.23. The molecule has 2 bridgehead atoms. The van der Waals surface area contributed by atoms with Crippen molar-refractivity contribution < 1.29 is 13.9 Å². The molecule has 0 spiro atoms. The number of halogens is 1. The third-order valence-electron chi connectivity index (χ3n) is 5.84. The van der Waals surface area contributed by atoms with Crippen LogP contribution in [0.25, 0.3) is 0 Å². The molecule has 0 saturated carbocycles. The Hall–Kier alpha value is -2.35. The van der Waals surface area contributed by atoms with Crippen LogP contribution >= 0.6 is 0 Å². The number of anilines is 2. The Morgan fingerprint density at radius 2 is 2.08 bits per heavy atom. The zero-order valence-electron chi connectivity index (χ0n) is 14.6. The molecular weight excluding hydrogens is 337 g/mol. The first-order valence-corrected chi connectivity index (χ1v) is 9.23. The Balaban J connectivity index is 1.46. The molecule has 7 nitrogen and oxygen atoms in total. The number of nitrogens with zero attached hydrogens (tertiary/aromatic N) is 2. The van der Waals surface area contributed by atoms with Gasteiger partial charge in [-0.2, -0.15) is 5.10 Å². The average molecular weight is 359 g/mol. The summed E-state index contributed by atoms with van der Waals surface area (Å²) in [6.07, 6.45) is 4.39. The van der Waals surface area contributed by atoms with E-state index in [1.54, 1.807) is 13.0 Å². The Bertz CT molecular complexity index is 786. The highest BCUT2D eigenvalue weighted by Crippen LogP contribution is 2.39. The topological polar surface area (TPSA) is 78.0 Å². The van der Waals surface area contributed by atoms with Crippen LogP contribution in [0.3, 0.4) is 0 Å². The number of carbonyl (C=O) groups is 1. The Labute approximate surface area is 151 Å². The molecule has 0 aromatic heterocycles. The van der Waals surface area contributed by atoms with Crippen molar-refractivity contribution >= 4 is 23.1 Å². The molecule has 0 aliphatic carbocycles. The number of rotatable bonds is 2. The molecule has 2 saturated heterocycles. The minimum Gasteiger partial charge on any atom is -0.483 e. The van der Waals surface area contributed by atoms with Gasteiger partial charge in [0.15, 0.2) is 5.84 Å². The fourth-order valence-electron chi connectivity index (χ4n) is 4.55. The van der Waals surface area contributed by atoms with Crippen LogP contribution in [0.5, 0.6) is 5.75 Å². The Morgan fingerprint density at radius 3 is 2.85 bits per heavy atom. The summed E-state index contributed by atoms with van der Waals surface area (Å²) in [5, 5.41) is 11.1. The van der Waals surface area contributed by atoms with Gasteiger partial charge in [-0.15, -0.1) is 0 Å². The summed E-state index contributed by atoms with van der Waals surface area (Å²) in [5.41, 5.74) is 3.64. The fraction of sp³-hybridized carbons (Fsp3) is 0.556. The van der Waals surface area contributed by atoms with Crippen LogP contribution in [0.2, 0.25) is 0 Å². The van der Waals surface area contributed by atoms with Crippen LogP contribution in [-0.2, 0) is 4.79 Å². The molecule has 26 heavy (non-hydrogen) atoms. The molecule has 4 aliphatic heterocycles. The summed E-state index contributed by atoms with van der Waals surface area (Å²) in [6, 6.07) is 4.04. The molecule has 8 heteroatoms. The molecule has 2 fully saturated rings. The van der Waals surface area contributed by atoms with Crippen molar-refractivity contribution in [2.45, 2.75) is 56.8 Å². The zero-order valence-corrected chi connectivity index (χ0v) is 14.6.